The molecule has 2 aromatic heterocycles. The van der Waals surface area contributed by atoms with Gasteiger partial charge in [-0.25, -0.2) is 0 Å². The van der Waals surface area contributed by atoms with Crippen LogP contribution in [0.3, 0.4) is 0 Å². The summed E-state index contributed by atoms with van der Waals surface area (Å²) in [5, 5.41) is 0. The minimum Gasteiger partial charge on any atom is -0.379 e. The first kappa shape index (κ1) is 12.8. The number of aromatic nitrogens is 3. The van der Waals surface area contributed by atoms with E-state index in [0.29, 0.717) is 0 Å². The number of imidazole rings is 1. The fourth-order valence-electron chi connectivity index (χ4n) is 2.51. The van der Waals surface area contributed by atoms with Gasteiger partial charge in [0.1, 0.15) is 0 Å². The Morgan fingerprint density at radius 1 is 1.32 bits per heavy atom. The van der Waals surface area contributed by atoms with Crippen LogP contribution in [0.2, 0.25) is 0 Å². The molecule has 2 aromatic rings. The van der Waals surface area contributed by atoms with E-state index in [-0.39, 0.29) is 0 Å². The molecule has 1 saturated heterocycles. The number of nitrogens with zero attached hydrogens (tertiary/aromatic N) is 3. The molecule has 19 heavy (non-hydrogen) atoms. The van der Waals surface area contributed by atoms with Crippen molar-refractivity contribution in [2.45, 2.75) is 13.0 Å². The highest BCUT2D eigenvalue weighted by Gasteiger charge is 2.10. The molecule has 0 spiro atoms. The van der Waals surface area contributed by atoms with Crippen molar-refractivity contribution in [3.63, 3.8) is 0 Å². The second kappa shape index (κ2) is 5.81. The minimum absolute atomic E-state index is 0.782. The van der Waals surface area contributed by atoms with E-state index in [1.165, 1.54) is 0 Å². The molecule has 1 fully saturated rings. The fourth-order valence-corrected chi connectivity index (χ4v) is 2.81. The van der Waals surface area contributed by atoms with Crippen LogP contribution in [0, 0.1) is 4.77 Å². The molecule has 5 nitrogen and oxygen atoms in total. The molecular formula is C13H18N4OS. The lowest BCUT2D eigenvalue weighted by atomic mass is 10.3. The van der Waals surface area contributed by atoms with E-state index in [1.54, 1.807) is 0 Å². The molecule has 0 aliphatic carbocycles. The summed E-state index contributed by atoms with van der Waals surface area (Å²) < 4.78 is 8.30. The third-order valence-electron chi connectivity index (χ3n) is 3.54. The molecule has 0 saturated carbocycles. The summed E-state index contributed by atoms with van der Waals surface area (Å²) in [6, 6.07) is 2.01. The van der Waals surface area contributed by atoms with E-state index in [4.69, 9.17) is 17.0 Å². The monoisotopic (exact) mass is 278 g/mol. The van der Waals surface area contributed by atoms with Crippen LogP contribution in [-0.2, 0) is 11.3 Å². The van der Waals surface area contributed by atoms with Crippen molar-refractivity contribution in [1.82, 2.24) is 19.4 Å². The number of morpholine rings is 1. The largest absolute Gasteiger partial charge is 0.379 e. The molecule has 1 N–H and O–H groups in total. The van der Waals surface area contributed by atoms with Crippen molar-refractivity contribution >= 4 is 23.3 Å². The maximum absolute atomic E-state index is 5.37. The predicted molar refractivity (Wildman–Crippen MR) is 76.8 cm³/mol. The average molecular weight is 278 g/mol. The van der Waals surface area contributed by atoms with Crippen molar-refractivity contribution < 1.29 is 4.74 Å². The van der Waals surface area contributed by atoms with Crippen LogP contribution >= 0.6 is 12.2 Å². The second-order valence-electron chi connectivity index (χ2n) is 4.78. The third-order valence-corrected chi connectivity index (χ3v) is 3.86. The molecule has 0 aromatic carbocycles. The number of pyridine rings is 1. The zero-order valence-electron chi connectivity index (χ0n) is 10.8. The van der Waals surface area contributed by atoms with E-state index in [2.05, 4.69) is 19.4 Å². The lowest BCUT2D eigenvalue weighted by Gasteiger charge is -2.26. The van der Waals surface area contributed by atoms with Crippen LogP contribution < -0.4 is 0 Å². The number of H-pyrrole nitrogens is 1. The maximum Gasteiger partial charge on any atom is 0.178 e. The number of hydrogen-bond acceptors (Lipinski definition) is 4. The van der Waals surface area contributed by atoms with Gasteiger partial charge in [0, 0.05) is 32.4 Å². The lowest BCUT2D eigenvalue weighted by Crippen LogP contribution is -2.37. The highest BCUT2D eigenvalue weighted by molar-refractivity contribution is 7.71. The van der Waals surface area contributed by atoms with E-state index < -0.39 is 0 Å². The highest BCUT2D eigenvalue weighted by Crippen LogP contribution is 2.13. The topological polar surface area (TPSA) is 46.1 Å². The quantitative estimate of drug-likeness (QED) is 0.867. The first-order valence-corrected chi connectivity index (χ1v) is 7.08. The normalized spacial score (nSPS) is 17.1. The van der Waals surface area contributed by atoms with Gasteiger partial charge in [0.2, 0.25) is 0 Å². The molecule has 0 radical (unpaired) electrons. The lowest BCUT2D eigenvalue weighted by molar-refractivity contribution is 0.0369. The van der Waals surface area contributed by atoms with Crippen molar-refractivity contribution in [1.29, 1.82) is 0 Å². The van der Waals surface area contributed by atoms with Gasteiger partial charge in [-0.1, -0.05) is 0 Å². The van der Waals surface area contributed by atoms with E-state index in [1.807, 2.05) is 18.5 Å². The number of aromatic amines is 1. The molecule has 0 bridgehead atoms. The second-order valence-corrected chi connectivity index (χ2v) is 5.17. The molecule has 3 heterocycles. The summed E-state index contributed by atoms with van der Waals surface area (Å²) in [6.07, 6.45) is 4.73. The van der Waals surface area contributed by atoms with Gasteiger partial charge >= 0.3 is 0 Å². The summed E-state index contributed by atoms with van der Waals surface area (Å²) in [7, 11) is 0. The van der Waals surface area contributed by atoms with Crippen molar-refractivity contribution in [2.24, 2.45) is 0 Å². The number of hydrogen-bond donors (Lipinski definition) is 1. The fraction of sp³-hybridized carbons (Fsp3) is 0.538. The van der Waals surface area contributed by atoms with Gasteiger partial charge in [-0.3, -0.25) is 9.88 Å². The predicted octanol–water partition coefficient (Wildman–Crippen LogP) is 1.82. The molecule has 1 aliphatic heterocycles. The number of ether oxygens (including phenoxy) is 1. The van der Waals surface area contributed by atoms with Crippen LogP contribution in [0.4, 0.5) is 0 Å². The Labute approximate surface area is 117 Å². The molecule has 1 aliphatic rings. The Balaban J connectivity index is 1.65. The molecule has 6 heteroatoms. The zero-order valence-corrected chi connectivity index (χ0v) is 11.7. The van der Waals surface area contributed by atoms with Crippen LogP contribution in [0.1, 0.15) is 6.42 Å². The van der Waals surface area contributed by atoms with E-state index in [0.717, 1.165) is 61.6 Å². The summed E-state index contributed by atoms with van der Waals surface area (Å²) in [5.41, 5.74) is 2.15. The molecule has 3 rings (SSSR count). The van der Waals surface area contributed by atoms with Gasteiger partial charge in [0.15, 0.2) is 4.77 Å². The Morgan fingerprint density at radius 3 is 3.00 bits per heavy atom. The van der Waals surface area contributed by atoms with Gasteiger partial charge < -0.3 is 14.3 Å². The molecular weight excluding hydrogens is 260 g/mol. The Hall–Kier alpha value is -1.24. The number of aryl methyl sites for hydroxylation is 1. The van der Waals surface area contributed by atoms with Crippen molar-refractivity contribution in [2.75, 3.05) is 32.8 Å². The average Bonchev–Trinajstić information content (AvgIpc) is 2.76. The zero-order chi connectivity index (χ0) is 13.1. The number of fused-ring (bicyclic) bond motifs is 1. The van der Waals surface area contributed by atoms with E-state index >= 15 is 0 Å². The first-order chi connectivity index (χ1) is 9.34. The maximum atomic E-state index is 5.37. The summed E-state index contributed by atoms with van der Waals surface area (Å²) in [6.45, 7) is 5.85. The molecule has 0 amide bonds. The van der Waals surface area contributed by atoms with Crippen molar-refractivity contribution in [3.05, 3.63) is 23.2 Å². The molecule has 0 unspecified atom stereocenters. The highest BCUT2D eigenvalue weighted by atomic mass is 32.1. The van der Waals surface area contributed by atoms with Gasteiger partial charge in [0.05, 0.1) is 30.4 Å². The standard InChI is InChI=1S/C13H18N4OS/c19-13-15-11-10-14-3-2-12(11)17(13)5-1-4-16-6-8-18-9-7-16/h2-3,10H,1,4-9H2,(H,15,19). The van der Waals surface area contributed by atoms with Gasteiger partial charge in [-0.05, 0) is 24.7 Å². The van der Waals surface area contributed by atoms with Crippen LogP contribution in [-0.4, -0.2) is 52.3 Å². The van der Waals surface area contributed by atoms with Crippen LogP contribution in [0.25, 0.3) is 11.0 Å². The van der Waals surface area contributed by atoms with Crippen molar-refractivity contribution in [3.8, 4) is 0 Å². The smallest absolute Gasteiger partial charge is 0.178 e. The summed E-state index contributed by atoms with van der Waals surface area (Å²) in [5.74, 6) is 0. The van der Waals surface area contributed by atoms with Crippen LogP contribution in [0.5, 0.6) is 0 Å². The van der Waals surface area contributed by atoms with Gasteiger partial charge in [-0.2, -0.15) is 0 Å². The van der Waals surface area contributed by atoms with E-state index in [9.17, 15) is 0 Å². The number of rotatable bonds is 4. The van der Waals surface area contributed by atoms with Gasteiger partial charge in [0.25, 0.3) is 0 Å². The third kappa shape index (κ3) is 2.86. The SMILES string of the molecule is S=c1[nH]c2cnccc2n1CCCN1CCOCC1. The number of nitrogens with one attached hydrogen (secondary N) is 1. The Morgan fingerprint density at radius 2 is 2.16 bits per heavy atom. The minimum atomic E-state index is 0.782. The Bertz CT molecular complexity index is 600. The molecule has 0 atom stereocenters. The molecule has 102 valence electrons. The van der Waals surface area contributed by atoms with Gasteiger partial charge in [-0.15, -0.1) is 0 Å². The Kier molecular flexibility index (Phi) is 3.91. The first-order valence-electron chi connectivity index (χ1n) is 6.67. The van der Waals surface area contributed by atoms with Crippen LogP contribution in [0.15, 0.2) is 18.5 Å². The summed E-state index contributed by atoms with van der Waals surface area (Å²) >= 11 is 5.37. The summed E-state index contributed by atoms with van der Waals surface area (Å²) in [4.78, 5) is 9.75.